The molecule has 130 valence electrons. The SMILES string of the molecule is O=S(=O)(Nc1nn(Cc2ccccc2)cc1Cl)c1cc(Cl)ccc1Cl. The van der Waals surface area contributed by atoms with Gasteiger partial charge in [0, 0.05) is 11.2 Å². The molecule has 2 aromatic carbocycles. The number of rotatable bonds is 5. The molecule has 0 bridgehead atoms. The summed E-state index contributed by atoms with van der Waals surface area (Å²) < 4.78 is 29.0. The minimum Gasteiger partial charge on any atom is -0.265 e. The number of anilines is 1. The first-order valence-corrected chi connectivity index (χ1v) is 9.71. The molecule has 25 heavy (non-hydrogen) atoms. The third-order valence-corrected chi connectivity index (χ3v) is 5.65. The lowest BCUT2D eigenvalue weighted by Gasteiger charge is -2.08. The molecule has 0 aliphatic rings. The fourth-order valence-electron chi connectivity index (χ4n) is 2.18. The molecule has 3 rings (SSSR count). The van der Waals surface area contributed by atoms with Gasteiger partial charge in [0.05, 0.1) is 11.6 Å². The van der Waals surface area contributed by atoms with E-state index < -0.39 is 10.0 Å². The maximum Gasteiger partial charge on any atom is 0.264 e. The zero-order valence-corrected chi connectivity index (χ0v) is 15.7. The standard InChI is InChI=1S/C16H12Cl3N3O2S/c17-12-6-7-13(18)15(8-12)25(23,24)21-16-14(19)10-22(20-16)9-11-4-2-1-3-5-11/h1-8,10H,9H2,(H,20,21). The second-order valence-electron chi connectivity index (χ2n) is 5.19. The molecule has 9 heteroatoms. The van der Waals surface area contributed by atoms with Crippen LogP contribution >= 0.6 is 34.8 Å². The van der Waals surface area contributed by atoms with E-state index in [0.717, 1.165) is 5.56 Å². The average Bonchev–Trinajstić information content (AvgIpc) is 2.89. The van der Waals surface area contributed by atoms with E-state index in [1.807, 2.05) is 30.3 Å². The van der Waals surface area contributed by atoms with Gasteiger partial charge in [-0.25, -0.2) is 8.42 Å². The number of hydrogen-bond donors (Lipinski definition) is 1. The van der Waals surface area contributed by atoms with Gasteiger partial charge in [-0.05, 0) is 23.8 Å². The van der Waals surface area contributed by atoms with E-state index in [0.29, 0.717) is 6.54 Å². The number of aromatic nitrogens is 2. The van der Waals surface area contributed by atoms with Crippen LogP contribution in [0.4, 0.5) is 5.82 Å². The van der Waals surface area contributed by atoms with E-state index in [1.54, 1.807) is 10.9 Å². The van der Waals surface area contributed by atoms with E-state index in [2.05, 4.69) is 9.82 Å². The molecule has 0 saturated carbocycles. The molecule has 0 atom stereocenters. The van der Waals surface area contributed by atoms with Crippen molar-refractivity contribution in [3.05, 3.63) is 75.4 Å². The highest BCUT2D eigenvalue weighted by Gasteiger charge is 2.21. The fraction of sp³-hybridized carbons (Fsp3) is 0.0625. The van der Waals surface area contributed by atoms with Gasteiger partial charge in [0.25, 0.3) is 10.0 Å². The van der Waals surface area contributed by atoms with Crippen LogP contribution in [0.25, 0.3) is 0 Å². The Morgan fingerprint density at radius 1 is 1.00 bits per heavy atom. The van der Waals surface area contributed by atoms with Crippen LogP contribution in [0, 0.1) is 0 Å². The summed E-state index contributed by atoms with van der Waals surface area (Å²) in [5.41, 5.74) is 1.01. The topological polar surface area (TPSA) is 64.0 Å². The van der Waals surface area contributed by atoms with Crippen LogP contribution in [0.15, 0.2) is 59.6 Å². The van der Waals surface area contributed by atoms with E-state index >= 15 is 0 Å². The molecular formula is C16H12Cl3N3O2S. The average molecular weight is 417 g/mol. The third kappa shape index (κ3) is 4.27. The van der Waals surface area contributed by atoms with Crippen molar-refractivity contribution in [1.82, 2.24) is 9.78 Å². The first-order valence-electron chi connectivity index (χ1n) is 7.10. The summed E-state index contributed by atoms with van der Waals surface area (Å²) in [4.78, 5) is -0.143. The molecule has 1 aromatic heterocycles. The van der Waals surface area contributed by atoms with Crippen molar-refractivity contribution < 1.29 is 8.42 Å². The Kier molecular flexibility index (Phi) is 5.24. The number of halogens is 3. The lowest BCUT2D eigenvalue weighted by Crippen LogP contribution is -2.14. The van der Waals surface area contributed by atoms with Crippen molar-refractivity contribution in [2.75, 3.05) is 4.72 Å². The number of sulfonamides is 1. The van der Waals surface area contributed by atoms with Crippen LogP contribution < -0.4 is 4.72 Å². The molecule has 0 saturated heterocycles. The van der Waals surface area contributed by atoms with Gasteiger partial charge in [0.15, 0.2) is 5.82 Å². The number of nitrogens with zero attached hydrogens (tertiary/aromatic N) is 2. The maximum absolute atomic E-state index is 12.5. The molecule has 0 aliphatic heterocycles. The maximum atomic E-state index is 12.5. The molecule has 0 fully saturated rings. The fourth-order valence-corrected chi connectivity index (χ4v) is 4.22. The quantitative estimate of drug-likeness (QED) is 0.656. The van der Waals surface area contributed by atoms with Crippen molar-refractivity contribution in [3.8, 4) is 0 Å². The molecule has 0 amide bonds. The molecule has 0 spiro atoms. The summed E-state index contributed by atoms with van der Waals surface area (Å²) in [6.07, 6.45) is 1.55. The second kappa shape index (κ2) is 7.25. The monoisotopic (exact) mass is 415 g/mol. The van der Waals surface area contributed by atoms with Gasteiger partial charge in [-0.1, -0.05) is 65.1 Å². The largest absolute Gasteiger partial charge is 0.265 e. The van der Waals surface area contributed by atoms with Crippen LogP contribution in [-0.4, -0.2) is 18.2 Å². The summed E-state index contributed by atoms with van der Waals surface area (Å²) in [6.45, 7) is 0.459. The Morgan fingerprint density at radius 2 is 1.72 bits per heavy atom. The van der Waals surface area contributed by atoms with Gasteiger partial charge >= 0.3 is 0 Å². The van der Waals surface area contributed by atoms with Crippen LogP contribution in [-0.2, 0) is 16.6 Å². The van der Waals surface area contributed by atoms with Crippen molar-refractivity contribution in [2.45, 2.75) is 11.4 Å². The summed E-state index contributed by atoms with van der Waals surface area (Å²) >= 11 is 17.9. The van der Waals surface area contributed by atoms with E-state index in [4.69, 9.17) is 34.8 Å². The van der Waals surface area contributed by atoms with Crippen LogP contribution in [0.5, 0.6) is 0 Å². The Labute approximate surface area is 160 Å². The van der Waals surface area contributed by atoms with Crippen LogP contribution in [0.1, 0.15) is 5.56 Å². The van der Waals surface area contributed by atoms with Crippen molar-refractivity contribution in [2.24, 2.45) is 0 Å². The summed E-state index contributed by atoms with van der Waals surface area (Å²) in [5, 5.41) is 4.67. The van der Waals surface area contributed by atoms with Gasteiger partial charge in [-0.15, -0.1) is 0 Å². The van der Waals surface area contributed by atoms with Crippen LogP contribution in [0.3, 0.4) is 0 Å². The van der Waals surface area contributed by atoms with Gasteiger partial charge < -0.3 is 0 Å². The van der Waals surface area contributed by atoms with Crippen molar-refractivity contribution >= 4 is 50.6 Å². The van der Waals surface area contributed by atoms with Gasteiger partial charge in [-0.3, -0.25) is 9.40 Å². The smallest absolute Gasteiger partial charge is 0.264 e. The second-order valence-corrected chi connectivity index (χ2v) is 8.09. The molecule has 0 radical (unpaired) electrons. The molecule has 1 N–H and O–H groups in total. The van der Waals surface area contributed by atoms with Gasteiger partial charge in [0.1, 0.15) is 9.92 Å². The summed E-state index contributed by atoms with van der Waals surface area (Å²) in [7, 11) is -3.98. The van der Waals surface area contributed by atoms with Crippen LogP contribution in [0.2, 0.25) is 15.1 Å². The molecular weight excluding hydrogens is 405 g/mol. The Hall–Kier alpha value is -1.73. The first-order chi connectivity index (χ1) is 11.8. The molecule has 1 heterocycles. The minimum atomic E-state index is -3.98. The first kappa shape index (κ1) is 18.1. The summed E-state index contributed by atoms with van der Waals surface area (Å²) in [5.74, 6) is 0.0219. The third-order valence-electron chi connectivity index (χ3n) is 3.32. The highest BCUT2D eigenvalue weighted by molar-refractivity contribution is 7.92. The predicted molar refractivity (Wildman–Crippen MR) is 100 cm³/mol. The summed E-state index contributed by atoms with van der Waals surface area (Å²) in [6, 6.07) is 13.8. The molecule has 0 aliphatic carbocycles. The number of hydrogen-bond acceptors (Lipinski definition) is 3. The van der Waals surface area contributed by atoms with Crippen molar-refractivity contribution in [1.29, 1.82) is 0 Å². The van der Waals surface area contributed by atoms with Gasteiger partial charge in [0.2, 0.25) is 0 Å². The minimum absolute atomic E-state index is 0.0219. The van der Waals surface area contributed by atoms with E-state index in [9.17, 15) is 8.42 Å². The van der Waals surface area contributed by atoms with Crippen molar-refractivity contribution in [3.63, 3.8) is 0 Å². The molecule has 5 nitrogen and oxygen atoms in total. The number of benzene rings is 2. The highest BCUT2D eigenvalue weighted by atomic mass is 35.5. The Morgan fingerprint density at radius 3 is 2.44 bits per heavy atom. The van der Waals surface area contributed by atoms with Gasteiger partial charge in [-0.2, -0.15) is 5.10 Å². The predicted octanol–water partition coefficient (Wildman–Crippen LogP) is 4.69. The normalized spacial score (nSPS) is 11.5. The Balaban J connectivity index is 1.86. The lowest BCUT2D eigenvalue weighted by molar-refractivity contribution is 0.600. The van der Waals surface area contributed by atoms with E-state index in [-0.39, 0.29) is 25.8 Å². The zero-order chi connectivity index (χ0) is 18.0. The molecule has 0 unspecified atom stereocenters. The zero-order valence-electron chi connectivity index (χ0n) is 12.7. The lowest BCUT2D eigenvalue weighted by atomic mass is 10.2. The molecule has 3 aromatic rings. The Bertz CT molecular complexity index is 1000. The highest BCUT2D eigenvalue weighted by Crippen LogP contribution is 2.28. The van der Waals surface area contributed by atoms with E-state index in [1.165, 1.54) is 18.2 Å². The number of nitrogens with one attached hydrogen (secondary N) is 1.